The van der Waals surface area contributed by atoms with Gasteiger partial charge in [-0.2, -0.15) is 0 Å². The first-order valence-electron chi connectivity index (χ1n) is 6.36. The Morgan fingerprint density at radius 3 is 2.78 bits per heavy atom. The Morgan fingerprint density at radius 1 is 1.39 bits per heavy atom. The van der Waals surface area contributed by atoms with Crippen molar-refractivity contribution in [3.63, 3.8) is 0 Å². The zero-order chi connectivity index (χ0) is 12.5. The molecule has 1 saturated heterocycles. The topological polar surface area (TPSA) is 54.0 Å². The minimum atomic E-state index is -0.154. The number of amides is 1. The number of halogens is 1. The van der Waals surface area contributed by atoms with Crippen molar-refractivity contribution in [3.05, 3.63) is 29.0 Å². The molecule has 2 fully saturated rings. The zero-order valence-electron chi connectivity index (χ0n) is 10.0. The number of hydrogen-bond acceptors (Lipinski definition) is 3. The molecule has 1 aliphatic carbocycles. The van der Waals surface area contributed by atoms with Crippen molar-refractivity contribution in [1.82, 2.24) is 15.6 Å². The second kappa shape index (κ2) is 4.86. The average Bonchev–Trinajstić information content (AvgIpc) is 2.90. The molecule has 2 N–H and O–H groups in total. The lowest BCUT2D eigenvalue weighted by Gasteiger charge is -2.13. The molecule has 5 heteroatoms. The molecule has 96 valence electrons. The summed E-state index contributed by atoms with van der Waals surface area (Å²) in [5.74, 6) is 1.28. The quantitative estimate of drug-likeness (QED) is 0.851. The second-order valence-electron chi connectivity index (χ2n) is 5.15. The predicted molar refractivity (Wildman–Crippen MR) is 69.6 cm³/mol. The molecule has 4 nitrogen and oxygen atoms in total. The van der Waals surface area contributed by atoms with Gasteiger partial charge in [-0.3, -0.25) is 4.79 Å². The minimum absolute atomic E-state index is 0.154. The lowest BCUT2D eigenvalue weighted by Crippen LogP contribution is -2.34. The van der Waals surface area contributed by atoms with Gasteiger partial charge in [-0.05, 0) is 49.9 Å². The number of pyridine rings is 1. The third-order valence-corrected chi connectivity index (χ3v) is 4.27. The van der Waals surface area contributed by atoms with E-state index in [2.05, 4.69) is 15.6 Å². The predicted octanol–water partition coefficient (Wildman–Crippen LogP) is 1.46. The van der Waals surface area contributed by atoms with Gasteiger partial charge in [-0.1, -0.05) is 11.6 Å². The molecular weight excluding hydrogens is 250 g/mol. The van der Waals surface area contributed by atoms with Crippen LogP contribution in [0.2, 0.25) is 5.02 Å². The van der Waals surface area contributed by atoms with Gasteiger partial charge in [0.15, 0.2) is 0 Å². The van der Waals surface area contributed by atoms with Gasteiger partial charge < -0.3 is 10.6 Å². The molecule has 1 aromatic heterocycles. The summed E-state index contributed by atoms with van der Waals surface area (Å²) in [5, 5.41) is 6.86. The van der Waals surface area contributed by atoms with Crippen LogP contribution in [-0.2, 0) is 0 Å². The standard InChI is InChI=1S/C13H16ClN3O/c14-11-2-1-3-16-12(11)13(18)17-10-4-8-6-15-7-9(8)5-10/h1-3,8-10,15H,4-7H2,(H,17,18). The normalized spacial score (nSPS) is 30.2. The molecule has 0 bridgehead atoms. The summed E-state index contributed by atoms with van der Waals surface area (Å²) in [7, 11) is 0. The SMILES string of the molecule is O=C(NC1CC2CNCC2C1)c1ncccc1Cl. The smallest absolute Gasteiger partial charge is 0.271 e. The summed E-state index contributed by atoms with van der Waals surface area (Å²) in [6, 6.07) is 3.69. The van der Waals surface area contributed by atoms with E-state index in [0.717, 1.165) is 37.8 Å². The van der Waals surface area contributed by atoms with Crippen LogP contribution in [0.25, 0.3) is 0 Å². The van der Waals surface area contributed by atoms with E-state index in [0.29, 0.717) is 10.7 Å². The van der Waals surface area contributed by atoms with E-state index in [1.807, 2.05) is 0 Å². The van der Waals surface area contributed by atoms with Crippen molar-refractivity contribution in [2.24, 2.45) is 11.8 Å². The van der Waals surface area contributed by atoms with E-state index < -0.39 is 0 Å². The van der Waals surface area contributed by atoms with Gasteiger partial charge in [0, 0.05) is 12.2 Å². The molecule has 2 atom stereocenters. The van der Waals surface area contributed by atoms with Crippen LogP contribution in [0.4, 0.5) is 0 Å². The second-order valence-corrected chi connectivity index (χ2v) is 5.56. The summed E-state index contributed by atoms with van der Waals surface area (Å²) in [6.07, 6.45) is 3.72. The maximum absolute atomic E-state index is 12.1. The highest BCUT2D eigenvalue weighted by Gasteiger charge is 2.37. The average molecular weight is 266 g/mol. The van der Waals surface area contributed by atoms with Crippen LogP contribution in [0.15, 0.2) is 18.3 Å². The summed E-state index contributed by atoms with van der Waals surface area (Å²) >= 11 is 5.97. The Labute approximate surface area is 111 Å². The number of carbonyl (C=O) groups excluding carboxylic acids is 1. The molecule has 1 saturated carbocycles. The fourth-order valence-electron chi connectivity index (χ4n) is 3.09. The Morgan fingerprint density at radius 2 is 2.11 bits per heavy atom. The first kappa shape index (κ1) is 11.9. The lowest BCUT2D eigenvalue weighted by atomic mass is 10.0. The van der Waals surface area contributed by atoms with Crippen LogP contribution in [-0.4, -0.2) is 30.0 Å². The van der Waals surface area contributed by atoms with Crippen molar-refractivity contribution in [1.29, 1.82) is 0 Å². The maximum atomic E-state index is 12.1. The molecule has 18 heavy (non-hydrogen) atoms. The zero-order valence-corrected chi connectivity index (χ0v) is 10.8. The maximum Gasteiger partial charge on any atom is 0.271 e. The van der Waals surface area contributed by atoms with Gasteiger partial charge in [0.25, 0.3) is 5.91 Å². The van der Waals surface area contributed by atoms with Crippen molar-refractivity contribution in [2.45, 2.75) is 18.9 Å². The van der Waals surface area contributed by atoms with E-state index in [9.17, 15) is 4.79 Å². The van der Waals surface area contributed by atoms with E-state index in [4.69, 9.17) is 11.6 Å². The van der Waals surface area contributed by atoms with Gasteiger partial charge in [0.05, 0.1) is 5.02 Å². The minimum Gasteiger partial charge on any atom is -0.348 e. The molecule has 0 radical (unpaired) electrons. The van der Waals surface area contributed by atoms with Gasteiger partial charge in [-0.15, -0.1) is 0 Å². The van der Waals surface area contributed by atoms with Crippen LogP contribution < -0.4 is 10.6 Å². The van der Waals surface area contributed by atoms with E-state index in [1.165, 1.54) is 0 Å². The van der Waals surface area contributed by atoms with E-state index in [-0.39, 0.29) is 11.9 Å². The van der Waals surface area contributed by atoms with Crippen LogP contribution in [0.3, 0.4) is 0 Å². The number of carbonyl (C=O) groups is 1. The van der Waals surface area contributed by atoms with E-state index >= 15 is 0 Å². The van der Waals surface area contributed by atoms with Gasteiger partial charge in [0.2, 0.25) is 0 Å². The summed E-state index contributed by atoms with van der Waals surface area (Å²) in [5.41, 5.74) is 0.328. The Balaban J connectivity index is 1.64. The van der Waals surface area contributed by atoms with Crippen molar-refractivity contribution in [2.75, 3.05) is 13.1 Å². The molecule has 1 aromatic rings. The Hall–Kier alpha value is -1.13. The summed E-state index contributed by atoms with van der Waals surface area (Å²) in [6.45, 7) is 2.17. The van der Waals surface area contributed by atoms with Gasteiger partial charge in [0.1, 0.15) is 5.69 Å². The van der Waals surface area contributed by atoms with Crippen molar-refractivity contribution in [3.8, 4) is 0 Å². The Kier molecular flexibility index (Phi) is 3.22. The number of hydrogen-bond donors (Lipinski definition) is 2. The molecule has 1 aliphatic heterocycles. The molecule has 2 unspecified atom stereocenters. The monoisotopic (exact) mass is 265 g/mol. The molecule has 2 heterocycles. The number of aromatic nitrogens is 1. The largest absolute Gasteiger partial charge is 0.348 e. The highest BCUT2D eigenvalue weighted by Crippen LogP contribution is 2.34. The van der Waals surface area contributed by atoms with Crippen LogP contribution >= 0.6 is 11.6 Å². The van der Waals surface area contributed by atoms with E-state index in [1.54, 1.807) is 18.3 Å². The van der Waals surface area contributed by atoms with Gasteiger partial charge >= 0.3 is 0 Å². The molecule has 0 spiro atoms. The Bertz CT molecular complexity index is 453. The van der Waals surface area contributed by atoms with Crippen LogP contribution in [0.1, 0.15) is 23.3 Å². The lowest BCUT2D eigenvalue weighted by molar-refractivity contribution is 0.0931. The molecular formula is C13H16ClN3O. The number of nitrogens with one attached hydrogen (secondary N) is 2. The fourth-order valence-corrected chi connectivity index (χ4v) is 3.30. The van der Waals surface area contributed by atoms with Crippen LogP contribution in [0.5, 0.6) is 0 Å². The summed E-state index contributed by atoms with van der Waals surface area (Å²) in [4.78, 5) is 16.1. The highest BCUT2D eigenvalue weighted by molar-refractivity contribution is 6.33. The highest BCUT2D eigenvalue weighted by atomic mass is 35.5. The van der Waals surface area contributed by atoms with Crippen molar-refractivity contribution >= 4 is 17.5 Å². The fraction of sp³-hybridized carbons (Fsp3) is 0.538. The molecule has 3 rings (SSSR count). The van der Waals surface area contributed by atoms with Crippen molar-refractivity contribution < 1.29 is 4.79 Å². The third kappa shape index (κ3) is 2.22. The number of fused-ring (bicyclic) bond motifs is 1. The number of nitrogens with zero attached hydrogens (tertiary/aromatic N) is 1. The molecule has 1 amide bonds. The third-order valence-electron chi connectivity index (χ3n) is 3.96. The van der Waals surface area contributed by atoms with Crippen LogP contribution in [0, 0.1) is 11.8 Å². The van der Waals surface area contributed by atoms with Gasteiger partial charge in [-0.25, -0.2) is 4.98 Å². The molecule has 2 aliphatic rings. The summed E-state index contributed by atoms with van der Waals surface area (Å²) < 4.78 is 0. The number of rotatable bonds is 2. The first-order chi connectivity index (χ1) is 8.74. The first-order valence-corrected chi connectivity index (χ1v) is 6.74. The molecule has 0 aromatic carbocycles.